The summed E-state index contributed by atoms with van der Waals surface area (Å²) in [6, 6.07) is 0. The van der Waals surface area contributed by atoms with Crippen molar-refractivity contribution >= 4 is 34.0 Å². The van der Waals surface area contributed by atoms with Gasteiger partial charge in [0.05, 0.1) is 0 Å². The van der Waals surface area contributed by atoms with Crippen molar-refractivity contribution < 1.29 is 13.9 Å². The summed E-state index contributed by atoms with van der Waals surface area (Å²) in [6.45, 7) is 5.54. The predicted molar refractivity (Wildman–Crippen MR) is 79.1 cm³/mol. The number of ketones is 1. The van der Waals surface area contributed by atoms with Crippen molar-refractivity contribution in [3.05, 3.63) is 23.8 Å². The Bertz CT molecular complexity index is 428. The van der Waals surface area contributed by atoms with E-state index in [1.54, 1.807) is 0 Å². The first-order chi connectivity index (χ1) is 8.24. The van der Waals surface area contributed by atoms with Gasteiger partial charge in [0.25, 0.3) is 0 Å². The zero-order valence-electron chi connectivity index (χ0n) is 10.4. The molecule has 1 aromatic rings. The molecule has 9 heteroatoms. The van der Waals surface area contributed by atoms with Gasteiger partial charge in [0.15, 0.2) is 5.82 Å². The minimum absolute atomic E-state index is 0.00973. The Kier molecular flexibility index (Phi) is 5.59. The molecule has 0 saturated heterocycles. The molecule has 2 N–H and O–H groups in total. The molecule has 0 fully saturated rings. The van der Waals surface area contributed by atoms with Gasteiger partial charge in [-0.2, -0.15) is 3.85 Å². The predicted octanol–water partition coefficient (Wildman–Crippen LogP) is 2.38. The number of Topliss-reactive ketones (excluding diaryl/α,β-unsaturated/α-hetero) is 1. The lowest BCUT2D eigenvalue weighted by Gasteiger charge is -2.41. The molecule has 1 rings (SSSR count). The molecule has 0 aliphatic rings. The SMILES string of the molecule is Cc1cnc(C(=O)CS(O)(O)N(P)P(C)C)nc1. The van der Waals surface area contributed by atoms with Crippen molar-refractivity contribution in [2.24, 2.45) is 0 Å². The van der Waals surface area contributed by atoms with E-state index in [4.69, 9.17) is 0 Å². The van der Waals surface area contributed by atoms with E-state index in [1.807, 2.05) is 20.3 Å². The largest absolute Gasteiger partial charge is 0.289 e. The summed E-state index contributed by atoms with van der Waals surface area (Å²) in [6.07, 6.45) is 3.05. The summed E-state index contributed by atoms with van der Waals surface area (Å²) >= 11 is 0. The molecule has 0 spiro atoms. The Morgan fingerprint density at radius 3 is 2.39 bits per heavy atom. The standard InChI is InChI=1S/C9H17N3O3P2S/c1-7-4-10-9(11-5-7)8(13)6-18(14,15)12(16)17(2)3/h4-5,14-15H,6,16H2,1-3H3. The average Bonchev–Trinajstić information content (AvgIpc) is 2.28. The van der Waals surface area contributed by atoms with Gasteiger partial charge >= 0.3 is 0 Å². The monoisotopic (exact) mass is 309 g/mol. The van der Waals surface area contributed by atoms with Gasteiger partial charge in [-0.1, -0.05) is 0 Å². The summed E-state index contributed by atoms with van der Waals surface area (Å²) < 4.78 is 21.2. The minimum atomic E-state index is -3.12. The van der Waals surface area contributed by atoms with E-state index >= 15 is 0 Å². The van der Waals surface area contributed by atoms with Crippen LogP contribution in [0.3, 0.4) is 0 Å². The summed E-state index contributed by atoms with van der Waals surface area (Å²) in [7, 11) is -1.58. The molecule has 1 atom stereocenters. The van der Waals surface area contributed by atoms with Crippen LogP contribution < -0.4 is 0 Å². The molecule has 0 aromatic carbocycles. The normalized spacial score (nSPS) is 13.1. The zero-order chi connectivity index (χ0) is 13.9. The number of carbonyl (C=O) groups excluding carboxylic acids is 1. The van der Waals surface area contributed by atoms with Crippen LogP contribution in [0.4, 0.5) is 0 Å². The summed E-state index contributed by atoms with van der Waals surface area (Å²) in [5, 5.41) is 0. The molecule has 0 amide bonds. The minimum Gasteiger partial charge on any atom is -0.289 e. The highest BCUT2D eigenvalue weighted by atomic mass is 32.3. The topological polar surface area (TPSA) is 86.5 Å². The first kappa shape index (κ1) is 15.9. The third-order valence-electron chi connectivity index (χ3n) is 2.05. The van der Waals surface area contributed by atoms with Gasteiger partial charge in [-0.3, -0.25) is 13.9 Å². The number of nitrogens with zero attached hydrogens (tertiary/aromatic N) is 3. The molecule has 1 unspecified atom stereocenters. The Morgan fingerprint density at radius 1 is 1.44 bits per heavy atom. The van der Waals surface area contributed by atoms with E-state index in [1.165, 1.54) is 16.2 Å². The molecule has 6 nitrogen and oxygen atoms in total. The molecule has 0 saturated carbocycles. The van der Waals surface area contributed by atoms with Crippen LogP contribution in [0.25, 0.3) is 0 Å². The molecule has 0 aliphatic heterocycles. The molecule has 102 valence electrons. The summed E-state index contributed by atoms with van der Waals surface area (Å²) in [5.41, 5.74) is 0.844. The van der Waals surface area contributed by atoms with Gasteiger partial charge in [0.1, 0.15) is 5.75 Å². The van der Waals surface area contributed by atoms with Crippen LogP contribution in [0.5, 0.6) is 0 Å². The van der Waals surface area contributed by atoms with Crippen LogP contribution in [0, 0.1) is 6.92 Å². The van der Waals surface area contributed by atoms with E-state index in [-0.39, 0.29) is 11.6 Å². The second kappa shape index (κ2) is 6.33. The molecule has 18 heavy (non-hydrogen) atoms. The van der Waals surface area contributed by atoms with Gasteiger partial charge < -0.3 is 0 Å². The number of aryl methyl sites for hydroxylation is 1. The second-order valence-electron chi connectivity index (χ2n) is 3.93. The van der Waals surface area contributed by atoms with Crippen molar-refractivity contribution in [2.75, 3.05) is 19.1 Å². The first-order valence-corrected chi connectivity index (χ1v) is 9.42. The Morgan fingerprint density at radius 2 is 1.94 bits per heavy atom. The maximum atomic E-state index is 11.8. The molecular formula is C9H17N3O3P2S. The van der Waals surface area contributed by atoms with Crippen molar-refractivity contribution in [2.45, 2.75) is 6.92 Å². The highest BCUT2D eigenvalue weighted by Crippen LogP contribution is 2.57. The first-order valence-electron chi connectivity index (χ1n) is 5.04. The van der Waals surface area contributed by atoms with Crippen LogP contribution in [0.15, 0.2) is 12.4 Å². The third-order valence-corrected chi connectivity index (χ3v) is 8.25. The van der Waals surface area contributed by atoms with E-state index < -0.39 is 24.6 Å². The third kappa shape index (κ3) is 4.19. The fourth-order valence-corrected chi connectivity index (χ4v) is 4.21. The van der Waals surface area contributed by atoms with Crippen LogP contribution in [0.2, 0.25) is 0 Å². The Labute approximate surface area is 112 Å². The summed E-state index contributed by atoms with van der Waals surface area (Å²) in [4.78, 5) is 19.6. The van der Waals surface area contributed by atoms with Crippen molar-refractivity contribution in [3.8, 4) is 0 Å². The average molecular weight is 309 g/mol. The van der Waals surface area contributed by atoms with Crippen LogP contribution in [-0.4, -0.2) is 47.8 Å². The van der Waals surface area contributed by atoms with Gasteiger partial charge in [-0.05, 0) is 43.3 Å². The zero-order valence-corrected chi connectivity index (χ0v) is 13.3. The lowest BCUT2D eigenvalue weighted by molar-refractivity contribution is 0.100. The van der Waals surface area contributed by atoms with Crippen LogP contribution in [0.1, 0.15) is 16.2 Å². The van der Waals surface area contributed by atoms with Gasteiger partial charge in [-0.25, -0.2) is 9.97 Å². The fraction of sp³-hybridized carbons (Fsp3) is 0.444. The molecule has 1 aromatic heterocycles. The van der Waals surface area contributed by atoms with Crippen LogP contribution in [-0.2, 0) is 0 Å². The second-order valence-corrected chi connectivity index (χ2v) is 9.60. The van der Waals surface area contributed by atoms with Crippen LogP contribution >= 0.6 is 28.2 Å². The Hall–Kier alpha value is -0.160. The van der Waals surface area contributed by atoms with Crippen molar-refractivity contribution in [1.82, 2.24) is 13.8 Å². The maximum absolute atomic E-state index is 11.8. The van der Waals surface area contributed by atoms with E-state index in [0.717, 1.165) is 5.56 Å². The maximum Gasteiger partial charge on any atom is 0.220 e. The van der Waals surface area contributed by atoms with E-state index in [9.17, 15) is 13.9 Å². The van der Waals surface area contributed by atoms with E-state index in [0.29, 0.717) is 0 Å². The smallest absolute Gasteiger partial charge is 0.220 e. The molecule has 0 bridgehead atoms. The molecule has 0 radical (unpaired) electrons. The molecule has 0 aliphatic carbocycles. The molecule has 1 heterocycles. The number of aromatic nitrogens is 2. The quantitative estimate of drug-likeness (QED) is 0.641. The van der Waals surface area contributed by atoms with Gasteiger partial charge in [0, 0.05) is 12.4 Å². The highest BCUT2D eigenvalue weighted by Gasteiger charge is 2.26. The number of hydrogen-bond acceptors (Lipinski definition) is 6. The molecular weight excluding hydrogens is 292 g/mol. The number of rotatable bonds is 5. The van der Waals surface area contributed by atoms with Gasteiger partial charge in [0.2, 0.25) is 5.78 Å². The summed E-state index contributed by atoms with van der Waals surface area (Å²) in [5.74, 6) is -0.852. The van der Waals surface area contributed by atoms with E-state index in [2.05, 4.69) is 19.4 Å². The highest BCUT2D eigenvalue weighted by molar-refractivity contribution is 8.27. The lowest BCUT2D eigenvalue weighted by Crippen LogP contribution is -2.22. The Balaban J connectivity index is 2.78. The number of carbonyl (C=O) groups is 1. The fourth-order valence-electron chi connectivity index (χ4n) is 1.10. The lowest BCUT2D eigenvalue weighted by atomic mass is 10.3. The number of hydrogen-bond donors (Lipinski definition) is 2. The van der Waals surface area contributed by atoms with Crippen molar-refractivity contribution in [3.63, 3.8) is 0 Å². The van der Waals surface area contributed by atoms with Crippen molar-refractivity contribution in [1.29, 1.82) is 0 Å². The van der Waals surface area contributed by atoms with Gasteiger partial charge in [-0.15, -0.1) is 10.8 Å².